The molecule has 0 N–H and O–H groups in total. The highest BCUT2D eigenvalue weighted by Gasteiger charge is 2.14. The summed E-state index contributed by atoms with van der Waals surface area (Å²) >= 11 is 0. The summed E-state index contributed by atoms with van der Waals surface area (Å²) in [6, 6.07) is 1.05. The van der Waals surface area contributed by atoms with Gasteiger partial charge in [0.15, 0.2) is 0 Å². The van der Waals surface area contributed by atoms with Crippen molar-refractivity contribution in [2.24, 2.45) is 0 Å². The summed E-state index contributed by atoms with van der Waals surface area (Å²) in [4.78, 5) is 2.19. The summed E-state index contributed by atoms with van der Waals surface area (Å²) in [5.41, 5.74) is 0. The molecule has 128 valence electrons. The van der Waals surface area contributed by atoms with E-state index in [0.29, 0.717) is 13.5 Å². The molecule has 0 spiro atoms. The second kappa shape index (κ2) is 16.4. The molecule has 5 nitrogen and oxygen atoms in total. The highest BCUT2D eigenvalue weighted by molar-refractivity contribution is 6.44. The van der Waals surface area contributed by atoms with Gasteiger partial charge in [-0.1, -0.05) is 13.8 Å². The Balaban J connectivity index is 3.96. The normalized spacial score (nSPS) is 11.7. The topological polar surface area (TPSA) is 40.2 Å². The Kier molecular flexibility index (Phi) is 16.4. The van der Waals surface area contributed by atoms with Crippen LogP contribution in [0.25, 0.3) is 0 Å². The van der Waals surface area contributed by atoms with Crippen LogP contribution < -0.4 is 0 Å². The third-order valence-electron chi connectivity index (χ3n) is 2.89. The fourth-order valence-corrected chi connectivity index (χ4v) is 3.74. The van der Waals surface area contributed by atoms with Gasteiger partial charge in [-0.05, 0) is 39.2 Å². The molecule has 6 heteroatoms. The van der Waals surface area contributed by atoms with Crippen LogP contribution in [0.1, 0.15) is 47.0 Å². The highest BCUT2D eigenvalue weighted by atomic mass is 28.3. The second-order valence-corrected chi connectivity index (χ2v) is 7.05. The Labute approximate surface area is 132 Å². The summed E-state index contributed by atoms with van der Waals surface area (Å²) in [5.74, 6) is 0. The predicted molar refractivity (Wildman–Crippen MR) is 88.8 cm³/mol. The number of rotatable bonds is 16. The zero-order chi connectivity index (χ0) is 15.8. The van der Waals surface area contributed by atoms with E-state index in [4.69, 9.17) is 18.3 Å². The average Bonchev–Trinajstić information content (AvgIpc) is 2.51. The first-order chi connectivity index (χ1) is 10.3. The van der Waals surface area contributed by atoms with Gasteiger partial charge in [0.2, 0.25) is 0 Å². The van der Waals surface area contributed by atoms with Gasteiger partial charge in [-0.25, -0.2) is 0 Å². The summed E-state index contributed by atoms with van der Waals surface area (Å²) in [7, 11) is -1.49. The average molecular weight is 322 g/mol. The fraction of sp³-hybridized carbons (Fsp3) is 1.00. The zero-order valence-electron chi connectivity index (χ0n) is 14.4. The lowest BCUT2D eigenvalue weighted by Crippen LogP contribution is -2.32. The van der Waals surface area contributed by atoms with E-state index in [9.17, 15) is 0 Å². The smallest absolute Gasteiger partial charge is 0.321 e. The molecule has 0 amide bonds. The van der Waals surface area contributed by atoms with Crippen LogP contribution in [0, 0.1) is 0 Å². The van der Waals surface area contributed by atoms with Crippen LogP contribution in [-0.4, -0.2) is 60.6 Å². The van der Waals surface area contributed by atoms with E-state index in [1.807, 2.05) is 13.8 Å². The van der Waals surface area contributed by atoms with Crippen molar-refractivity contribution in [1.29, 1.82) is 0 Å². The summed E-state index contributed by atoms with van der Waals surface area (Å²) in [6.45, 7) is 13.6. The van der Waals surface area contributed by atoms with Gasteiger partial charge in [0.25, 0.3) is 0 Å². The monoisotopic (exact) mass is 321 g/mol. The maximum Gasteiger partial charge on any atom is 0.321 e. The standard InChI is InChI=1S/C15H35NO4Si/c1-5-11-19-21(20-12-6-2)13-9-10-16(14-17-7-3)15-18-8-4/h21H,5-15H2,1-4H3. The van der Waals surface area contributed by atoms with E-state index in [0.717, 1.165) is 58.3 Å². The zero-order valence-corrected chi connectivity index (χ0v) is 15.6. The number of hydrogen-bond acceptors (Lipinski definition) is 5. The first-order valence-corrected chi connectivity index (χ1v) is 10.1. The minimum Gasteiger partial charge on any atom is -0.397 e. The van der Waals surface area contributed by atoms with E-state index in [2.05, 4.69) is 18.7 Å². The summed E-state index contributed by atoms with van der Waals surface area (Å²) in [5, 5.41) is 0. The lowest BCUT2D eigenvalue weighted by molar-refractivity contribution is -0.0389. The molecule has 0 saturated heterocycles. The molecular weight excluding hydrogens is 286 g/mol. The Hall–Kier alpha value is 0.0169. The molecule has 21 heavy (non-hydrogen) atoms. The van der Waals surface area contributed by atoms with Crippen molar-refractivity contribution < 1.29 is 18.3 Å². The largest absolute Gasteiger partial charge is 0.397 e. The number of hydrogen-bond donors (Lipinski definition) is 0. The molecule has 0 aromatic rings. The van der Waals surface area contributed by atoms with Gasteiger partial charge in [-0.15, -0.1) is 0 Å². The first-order valence-electron chi connectivity index (χ1n) is 8.39. The van der Waals surface area contributed by atoms with Gasteiger partial charge in [0.05, 0.1) is 0 Å². The Bertz CT molecular complexity index is 174. The Morgan fingerprint density at radius 1 is 0.810 bits per heavy atom. The summed E-state index contributed by atoms with van der Waals surface area (Å²) < 4.78 is 22.7. The second-order valence-electron chi connectivity index (χ2n) is 4.95. The van der Waals surface area contributed by atoms with Crippen LogP contribution in [0.3, 0.4) is 0 Å². The van der Waals surface area contributed by atoms with Crippen LogP contribution in [-0.2, 0) is 18.3 Å². The predicted octanol–water partition coefficient (Wildman–Crippen LogP) is 2.74. The molecule has 0 saturated carbocycles. The molecule has 0 fully saturated rings. The van der Waals surface area contributed by atoms with Crippen LogP contribution in [0.4, 0.5) is 0 Å². The van der Waals surface area contributed by atoms with Crippen LogP contribution in [0.15, 0.2) is 0 Å². The minimum atomic E-state index is -1.49. The van der Waals surface area contributed by atoms with Crippen molar-refractivity contribution in [3.05, 3.63) is 0 Å². The minimum absolute atomic E-state index is 0.633. The van der Waals surface area contributed by atoms with Gasteiger partial charge in [0.1, 0.15) is 13.5 Å². The lowest BCUT2D eigenvalue weighted by Gasteiger charge is -2.22. The van der Waals surface area contributed by atoms with E-state index >= 15 is 0 Å². The molecule has 0 radical (unpaired) electrons. The van der Waals surface area contributed by atoms with Crippen molar-refractivity contribution in [1.82, 2.24) is 4.90 Å². The SMILES string of the molecule is CCCO[SiH](CCCN(COCC)COCC)OCCC. The van der Waals surface area contributed by atoms with Crippen molar-refractivity contribution >= 4 is 9.28 Å². The van der Waals surface area contributed by atoms with E-state index < -0.39 is 9.28 Å². The quantitative estimate of drug-likeness (QED) is 0.323. The maximum atomic E-state index is 5.87. The molecule has 0 aromatic carbocycles. The molecule has 0 rings (SSSR count). The third kappa shape index (κ3) is 13.4. The van der Waals surface area contributed by atoms with Crippen molar-refractivity contribution in [2.75, 3.05) is 46.4 Å². The lowest BCUT2D eigenvalue weighted by atomic mass is 10.4. The fourth-order valence-electron chi connectivity index (χ4n) is 1.80. The molecule has 0 heterocycles. The van der Waals surface area contributed by atoms with Gasteiger partial charge in [0, 0.05) is 33.0 Å². The summed E-state index contributed by atoms with van der Waals surface area (Å²) in [6.07, 6.45) is 3.18. The van der Waals surface area contributed by atoms with E-state index in [1.165, 1.54) is 0 Å². The van der Waals surface area contributed by atoms with Gasteiger partial charge in [-0.3, -0.25) is 4.90 Å². The Morgan fingerprint density at radius 2 is 1.33 bits per heavy atom. The highest BCUT2D eigenvalue weighted by Crippen LogP contribution is 2.05. The number of ether oxygens (including phenoxy) is 2. The molecule has 0 aliphatic heterocycles. The molecule has 0 bridgehead atoms. The number of nitrogens with zero attached hydrogens (tertiary/aromatic N) is 1. The van der Waals surface area contributed by atoms with Crippen LogP contribution in [0.2, 0.25) is 6.04 Å². The van der Waals surface area contributed by atoms with Crippen molar-refractivity contribution in [2.45, 2.75) is 53.0 Å². The maximum absolute atomic E-state index is 5.87. The van der Waals surface area contributed by atoms with Crippen molar-refractivity contribution in [3.63, 3.8) is 0 Å². The molecular formula is C15H35NO4Si. The van der Waals surface area contributed by atoms with Crippen LogP contribution >= 0.6 is 0 Å². The third-order valence-corrected chi connectivity index (χ3v) is 4.98. The van der Waals surface area contributed by atoms with Crippen LogP contribution in [0.5, 0.6) is 0 Å². The molecule has 0 unspecified atom stereocenters. The van der Waals surface area contributed by atoms with E-state index in [-0.39, 0.29) is 0 Å². The molecule has 0 atom stereocenters. The molecule has 0 aliphatic carbocycles. The molecule has 0 aromatic heterocycles. The van der Waals surface area contributed by atoms with Crippen molar-refractivity contribution in [3.8, 4) is 0 Å². The molecule has 0 aliphatic rings. The first kappa shape index (κ1) is 21.0. The van der Waals surface area contributed by atoms with Gasteiger partial charge >= 0.3 is 9.28 Å². The Morgan fingerprint density at radius 3 is 1.76 bits per heavy atom. The van der Waals surface area contributed by atoms with Gasteiger partial charge in [-0.2, -0.15) is 0 Å². The van der Waals surface area contributed by atoms with Gasteiger partial charge < -0.3 is 18.3 Å². The van der Waals surface area contributed by atoms with E-state index in [1.54, 1.807) is 0 Å².